The molecule has 2 N–H and O–H groups in total. The quantitative estimate of drug-likeness (QED) is 0.432. The molecule has 0 unspecified atom stereocenters. The highest BCUT2D eigenvalue weighted by molar-refractivity contribution is 9.11. The molecule has 0 aliphatic carbocycles. The van der Waals surface area contributed by atoms with Crippen LogP contribution in [0.1, 0.15) is 0 Å². The van der Waals surface area contributed by atoms with Gasteiger partial charge in [-0.1, -0.05) is 52.3 Å². The highest BCUT2D eigenvalue weighted by Gasteiger charge is 2.10. The third-order valence-electron chi connectivity index (χ3n) is 3.61. The van der Waals surface area contributed by atoms with Crippen LogP contribution >= 0.6 is 31.9 Å². The first kappa shape index (κ1) is 16.0. The van der Waals surface area contributed by atoms with E-state index in [0.29, 0.717) is 5.96 Å². The molecule has 0 atom stereocenters. The minimum Gasteiger partial charge on any atom is -0.369 e. The summed E-state index contributed by atoms with van der Waals surface area (Å²) in [6.07, 6.45) is 0. The number of hydrogen-bond donors (Lipinski definition) is 1. The van der Waals surface area contributed by atoms with Crippen LogP contribution in [0.15, 0.2) is 74.6 Å². The van der Waals surface area contributed by atoms with Gasteiger partial charge in [0.15, 0.2) is 0 Å². The van der Waals surface area contributed by atoms with Gasteiger partial charge >= 0.3 is 0 Å². The van der Waals surface area contributed by atoms with E-state index in [1.807, 2.05) is 54.4 Å². The maximum Gasteiger partial charge on any atom is 0.200 e. The normalized spacial score (nSPS) is 11.7. The van der Waals surface area contributed by atoms with E-state index in [0.717, 1.165) is 25.7 Å². The van der Waals surface area contributed by atoms with Crippen molar-refractivity contribution in [2.75, 3.05) is 11.9 Å². The van der Waals surface area contributed by atoms with E-state index >= 15 is 0 Å². The Balaban J connectivity index is 2.03. The zero-order valence-corrected chi connectivity index (χ0v) is 15.7. The Morgan fingerprint density at radius 3 is 2.57 bits per heavy atom. The van der Waals surface area contributed by atoms with Gasteiger partial charge in [0.05, 0.1) is 11.4 Å². The summed E-state index contributed by atoms with van der Waals surface area (Å²) in [5.74, 6) is 0.431. The third kappa shape index (κ3) is 3.41. The molecule has 0 aliphatic heterocycles. The predicted molar refractivity (Wildman–Crippen MR) is 105 cm³/mol. The van der Waals surface area contributed by atoms with E-state index < -0.39 is 0 Å². The van der Waals surface area contributed by atoms with Gasteiger partial charge < -0.3 is 10.6 Å². The Bertz CT molecular complexity index is 885. The second kappa shape index (κ2) is 6.72. The standard InChI is InChI=1S/C18H15Br2N3/c1-23(17-8-4-6-12-5-2-3-7-14(12)17)18(21)22-16-11-13(19)9-10-15(16)20/h2-11H,1H3,(H2,21,22). The minimum atomic E-state index is 0.431. The summed E-state index contributed by atoms with van der Waals surface area (Å²) in [4.78, 5) is 6.44. The molecule has 5 heteroatoms. The average molecular weight is 433 g/mol. The molecule has 0 saturated heterocycles. The number of benzene rings is 3. The molecular formula is C18H15Br2N3. The monoisotopic (exact) mass is 431 g/mol. The molecule has 0 aliphatic rings. The number of rotatable bonds is 2. The maximum atomic E-state index is 6.23. The van der Waals surface area contributed by atoms with Crippen molar-refractivity contribution in [3.63, 3.8) is 0 Å². The number of nitrogens with two attached hydrogens (primary N) is 1. The molecule has 3 rings (SSSR count). The number of guanidine groups is 1. The summed E-state index contributed by atoms with van der Waals surface area (Å²) in [6, 6.07) is 20.2. The van der Waals surface area contributed by atoms with Crippen molar-refractivity contribution in [2.24, 2.45) is 10.7 Å². The first-order valence-electron chi connectivity index (χ1n) is 7.07. The number of hydrogen-bond acceptors (Lipinski definition) is 1. The van der Waals surface area contributed by atoms with Gasteiger partial charge in [-0.25, -0.2) is 4.99 Å². The summed E-state index contributed by atoms with van der Waals surface area (Å²) < 4.78 is 1.86. The molecule has 116 valence electrons. The predicted octanol–water partition coefficient (Wildman–Crippen LogP) is 5.45. The van der Waals surface area contributed by atoms with E-state index in [4.69, 9.17) is 5.73 Å². The van der Waals surface area contributed by atoms with Gasteiger partial charge in [-0.3, -0.25) is 0 Å². The molecule has 0 fully saturated rings. The van der Waals surface area contributed by atoms with Crippen LogP contribution in [0, 0.1) is 0 Å². The molecule has 0 heterocycles. The fourth-order valence-corrected chi connectivity index (χ4v) is 3.08. The molecule has 0 radical (unpaired) electrons. The van der Waals surface area contributed by atoms with Gasteiger partial charge in [0.1, 0.15) is 0 Å². The van der Waals surface area contributed by atoms with Crippen molar-refractivity contribution < 1.29 is 0 Å². The highest BCUT2D eigenvalue weighted by Crippen LogP contribution is 2.30. The van der Waals surface area contributed by atoms with Crippen LogP contribution in [0.3, 0.4) is 0 Å². The van der Waals surface area contributed by atoms with Gasteiger partial charge in [0.2, 0.25) is 5.96 Å². The fraction of sp³-hybridized carbons (Fsp3) is 0.0556. The van der Waals surface area contributed by atoms with Gasteiger partial charge in [-0.2, -0.15) is 0 Å². The van der Waals surface area contributed by atoms with Crippen molar-refractivity contribution >= 4 is 60.0 Å². The number of aliphatic imine (C=N–C) groups is 1. The van der Waals surface area contributed by atoms with E-state index in [1.54, 1.807) is 0 Å². The van der Waals surface area contributed by atoms with Crippen LogP contribution in [0.5, 0.6) is 0 Å². The van der Waals surface area contributed by atoms with Crippen LogP contribution in [0.4, 0.5) is 11.4 Å². The first-order valence-corrected chi connectivity index (χ1v) is 8.65. The fourth-order valence-electron chi connectivity index (χ4n) is 2.39. The molecule has 3 aromatic rings. The molecule has 0 bridgehead atoms. The van der Waals surface area contributed by atoms with E-state index in [9.17, 15) is 0 Å². The van der Waals surface area contributed by atoms with Crippen molar-refractivity contribution in [3.8, 4) is 0 Å². The molecule has 3 aromatic carbocycles. The number of halogens is 2. The zero-order valence-electron chi connectivity index (χ0n) is 12.5. The second-order valence-corrected chi connectivity index (χ2v) is 6.89. The summed E-state index contributed by atoms with van der Waals surface area (Å²) in [5.41, 5.74) is 8.04. The van der Waals surface area contributed by atoms with Crippen LogP contribution in [0.25, 0.3) is 10.8 Å². The largest absolute Gasteiger partial charge is 0.369 e. The Morgan fingerprint density at radius 1 is 1.00 bits per heavy atom. The van der Waals surface area contributed by atoms with Crippen LogP contribution in [-0.2, 0) is 0 Å². The SMILES string of the molecule is CN(C(N)=Nc1cc(Br)ccc1Br)c1cccc2ccccc12. The molecule has 23 heavy (non-hydrogen) atoms. The summed E-state index contributed by atoms with van der Waals surface area (Å²) in [5, 5.41) is 2.32. The molecule has 0 saturated carbocycles. The Morgan fingerprint density at radius 2 is 1.74 bits per heavy atom. The summed E-state index contributed by atoms with van der Waals surface area (Å²) >= 11 is 6.96. The summed E-state index contributed by atoms with van der Waals surface area (Å²) in [6.45, 7) is 0. The van der Waals surface area contributed by atoms with Gasteiger partial charge in [0.25, 0.3) is 0 Å². The van der Waals surface area contributed by atoms with Crippen molar-refractivity contribution in [2.45, 2.75) is 0 Å². The molecule has 3 nitrogen and oxygen atoms in total. The maximum absolute atomic E-state index is 6.23. The van der Waals surface area contributed by atoms with E-state index in [2.05, 4.69) is 55.1 Å². The lowest BCUT2D eigenvalue weighted by Crippen LogP contribution is -2.33. The molecular weight excluding hydrogens is 418 g/mol. The van der Waals surface area contributed by atoms with Crippen LogP contribution < -0.4 is 10.6 Å². The van der Waals surface area contributed by atoms with Crippen molar-refractivity contribution in [3.05, 3.63) is 69.6 Å². The molecule has 0 aromatic heterocycles. The average Bonchev–Trinajstić information content (AvgIpc) is 2.57. The van der Waals surface area contributed by atoms with Gasteiger partial charge in [-0.15, -0.1) is 0 Å². The minimum absolute atomic E-state index is 0.431. The lowest BCUT2D eigenvalue weighted by atomic mass is 10.1. The third-order valence-corrected chi connectivity index (χ3v) is 4.78. The van der Waals surface area contributed by atoms with Crippen molar-refractivity contribution in [1.82, 2.24) is 0 Å². The van der Waals surface area contributed by atoms with Crippen LogP contribution in [0.2, 0.25) is 0 Å². The van der Waals surface area contributed by atoms with Gasteiger partial charge in [0, 0.05) is 21.4 Å². The number of fused-ring (bicyclic) bond motifs is 1. The topological polar surface area (TPSA) is 41.6 Å². The Labute approximate surface area is 152 Å². The van der Waals surface area contributed by atoms with E-state index in [1.165, 1.54) is 5.39 Å². The molecule has 0 spiro atoms. The molecule has 0 amide bonds. The summed E-state index contributed by atoms with van der Waals surface area (Å²) in [7, 11) is 1.92. The first-order chi connectivity index (χ1) is 11.1. The Hall–Kier alpha value is -1.85. The van der Waals surface area contributed by atoms with Crippen LogP contribution in [-0.4, -0.2) is 13.0 Å². The smallest absolute Gasteiger partial charge is 0.200 e. The Kier molecular flexibility index (Phi) is 4.68. The van der Waals surface area contributed by atoms with E-state index in [-0.39, 0.29) is 0 Å². The lowest BCUT2D eigenvalue weighted by Gasteiger charge is -2.20. The zero-order chi connectivity index (χ0) is 16.4. The second-order valence-electron chi connectivity index (χ2n) is 5.12. The van der Waals surface area contributed by atoms with Crippen molar-refractivity contribution in [1.29, 1.82) is 0 Å². The highest BCUT2D eigenvalue weighted by atomic mass is 79.9. The van der Waals surface area contributed by atoms with Gasteiger partial charge in [-0.05, 0) is 45.6 Å². The lowest BCUT2D eigenvalue weighted by molar-refractivity contribution is 1.23. The number of nitrogens with zero attached hydrogens (tertiary/aromatic N) is 2. The number of anilines is 1.